The topological polar surface area (TPSA) is 39.1 Å². The van der Waals surface area contributed by atoms with Gasteiger partial charge in [0.1, 0.15) is 0 Å². The summed E-state index contributed by atoms with van der Waals surface area (Å²) < 4.78 is 0. The molecule has 0 fully saturated rings. The second-order valence-electron chi connectivity index (χ2n) is 5.57. The zero-order valence-electron chi connectivity index (χ0n) is 13.3. The summed E-state index contributed by atoms with van der Waals surface area (Å²) in [5, 5.41) is 12.4. The van der Waals surface area contributed by atoms with Crippen LogP contribution in [0.15, 0.2) is 48.5 Å². The summed E-state index contributed by atoms with van der Waals surface area (Å²) in [6.07, 6.45) is 0. The molecule has 22 heavy (non-hydrogen) atoms. The third kappa shape index (κ3) is 5.00. The van der Waals surface area contributed by atoms with Crippen molar-refractivity contribution < 1.29 is 0 Å². The molecule has 0 saturated heterocycles. The van der Waals surface area contributed by atoms with Gasteiger partial charge in [0.05, 0.1) is 11.6 Å². The van der Waals surface area contributed by atoms with Gasteiger partial charge in [-0.2, -0.15) is 5.26 Å². The molecular formula is C19H23N3. The molecule has 3 heteroatoms. The van der Waals surface area contributed by atoms with E-state index in [1.807, 2.05) is 24.3 Å². The third-order valence-corrected chi connectivity index (χ3v) is 3.70. The highest BCUT2D eigenvalue weighted by Gasteiger charge is 2.00. The van der Waals surface area contributed by atoms with Crippen LogP contribution >= 0.6 is 0 Å². The predicted octanol–water partition coefficient (Wildman–Crippen LogP) is 3.30. The predicted molar refractivity (Wildman–Crippen MR) is 90.2 cm³/mol. The smallest absolute Gasteiger partial charge is 0.0991 e. The van der Waals surface area contributed by atoms with Crippen LogP contribution in [-0.2, 0) is 19.6 Å². The molecule has 0 aliphatic carbocycles. The molecule has 0 unspecified atom stereocenters. The minimum Gasteiger partial charge on any atom is -0.309 e. The van der Waals surface area contributed by atoms with Crippen LogP contribution in [0, 0.1) is 11.3 Å². The van der Waals surface area contributed by atoms with Gasteiger partial charge in [0.15, 0.2) is 0 Å². The first-order valence-electron chi connectivity index (χ1n) is 7.67. The van der Waals surface area contributed by atoms with Gasteiger partial charge in [-0.3, -0.25) is 0 Å². The molecular weight excluding hydrogens is 270 g/mol. The lowest BCUT2D eigenvalue weighted by atomic mass is 10.1. The van der Waals surface area contributed by atoms with Crippen molar-refractivity contribution in [1.29, 1.82) is 5.26 Å². The monoisotopic (exact) mass is 293 g/mol. The lowest BCUT2D eigenvalue weighted by Crippen LogP contribution is -2.17. The van der Waals surface area contributed by atoms with Crippen LogP contribution < -0.4 is 5.32 Å². The van der Waals surface area contributed by atoms with Gasteiger partial charge >= 0.3 is 0 Å². The van der Waals surface area contributed by atoms with Crippen LogP contribution in [0.4, 0.5) is 0 Å². The molecule has 0 amide bonds. The fraction of sp³-hybridized carbons (Fsp3) is 0.316. The van der Waals surface area contributed by atoms with E-state index in [4.69, 9.17) is 5.26 Å². The van der Waals surface area contributed by atoms with Crippen LogP contribution in [0.2, 0.25) is 0 Å². The highest BCUT2D eigenvalue weighted by molar-refractivity contribution is 5.32. The Balaban J connectivity index is 1.89. The summed E-state index contributed by atoms with van der Waals surface area (Å²) in [5.74, 6) is 0. The molecule has 0 atom stereocenters. The maximum absolute atomic E-state index is 8.91. The molecule has 0 bridgehead atoms. The van der Waals surface area contributed by atoms with E-state index in [1.165, 1.54) is 11.1 Å². The lowest BCUT2D eigenvalue weighted by Gasteiger charge is -2.14. The van der Waals surface area contributed by atoms with Gasteiger partial charge in [0, 0.05) is 19.6 Å². The van der Waals surface area contributed by atoms with Gasteiger partial charge < -0.3 is 10.2 Å². The molecule has 0 spiro atoms. The van der Waals surface area contributed by atoms with E-state index in [0.717, 1.165) is 31.7 Å². The molecule has 0 saturated carbocycles. The van der Waals surface area contributed by atoms with Crippen LogP contribution in [0.1, 0.15) is 29.2 Å². The van der Waals surface area contributed by atoms with Crippen molar-refractivity contribution in [3.63, 3.8) is 0 Å². The second-order valence-corrected chi connectivity index (χ2v) is 5.57. The van der Waals surface area contributed by atoms with Gasteiger partial charge in [0.25, 0.3) is 0 Å². The summed E-state index contributed by atoms with van der Waals surface area (Å²) in [6.45, 7) is 5.81. The Kier molecular flexibility index (Phi) is 6.14. The Hall–Kier alpha value is -2.15. The molecule has 114 valence electrons. The van der Waals surface area contributed by atoms with Gasteiger partial charge in [0.2, 0.25) is 0 Å². The molecule has 0 heterocycles. The Morgan fingerprint density at radius 2 is 1.64 bits per heavy atom. The minimum atomic E-state index is 0.712. The summed E-state index contributed by atoms with van der Waals surface area (Å²) in [7, 11) is 2.13. The maximum atomic E-state index is 8.91. The molecule has 0 radical (unpaired) electrons. The van der Waals surface area contributed by atoms with E-state index in [-0.39, 0.29) is 0 Å². The maximum Gasteiger partial charge on any atom is 0.0991 e. The molecule has 2 rings (SSSR count). The fourth-order valence-corrected chi connectivity index (χ4v) is 2.36. The first-order valence-corrected chi connectivity index (χ1v) is 7.67. The number of hydrogen-bond acceptors (Lipinski definition) is 3. The van der Waals surface area contributed by atoms with Crippen LogP contribution in [0.25, 0.3) is 0 Å². The van der Waals surface area contributed by atoms with Crippen molar-refractivity contribution in [2.75, 3.05) is 13.6 Å². The summed E-state index contributed by atoms with van der Waals surface area (Å²) >= 11 is 0. The van der Waals surface area contributed by atoms with E-state index in [9.17, 15) is 0 Å². The highest BCUT2D eigenvalue weighted by atomic mass is 15.1. The zero-order chi connectivity index (χ0) is 15.8. The largest absolute Gasteiger partial charge is 0.309 e. The Bertz CT molecular complexity index is 643. The molecule has 0 aromatic heterocycles. The Labute approximate surface area is 133 Å². The van der Waals surface area contributed by atoms with E-state index >= 15 is 0 Å². The molecule has 2 aromatic carbocycles. The van der Waals surface area contributed by atoms with Crippen LogP contribution in [-0.4, -0.2) is 18.5 Å². The van der Waals surface area contributed by atoms with E-state index in [0.29, 0.717) is 5.56 Å². The van der Waals surface area contributed by atoms with Crippen molar-refractivity contribution in [3.8, 4) is 6.07 Å². The molecule has 1 N–H and O–H groups in total. The van der Waals surface area contributed by atoms with E-state index < -0.39 is 0 Å². The van der Waals surface area contributed by atoms with Crippen LogP contribution in [0.3, 0.4) is 0 Å². The second kappa shape index (κ2) is 8.33. The Morgan fingerprint density at radius 3 is 2.32 bits per heavy atom. The molecule has 0 aliphatic heterocycles. The molecule has 2 aromatic rings. The number of nitrogens with one attached hydrogen (secondary N) is 1. The van der Waals surface area contributed by atoms with Gasteiger partial charge in [-0.25, -0.2) is 0 Å². The standard InChI is InChI=1S/C19H23N3/c1-3-22(2)15-19-9-5-8-18(11-19)14-21-13-17-7-4-6-16(10-17)12-20/h4-11,21H,3,13-15H2,1-2H3. The van der Waals surface area contributed by atoms with Crippen LogP contribution in [0.5, 0.6) is 0 Å². The molecule has 3 nitrogen and oxygen atoms in total. The first kappa shape index (κ1) is 16.2. The zero-order valence-corrected chi connectivity index (χ0v) is 13.3. The first-order chi connectivity index (χ1) is 10.7. The number of rotatable bonds is 7. The van der Waals surface area contributed by atoms with Gasteiger partial charge in [-0.15, -0.1) is 0 Å². The average molecular weight is 293 g/mol. The van der Waals surface area contributed by atoms with Crippen molar-refractivity contribution in [1.82, 2.24) is 10.2 Å². The number of nitrogens with zero attached hydrogens (tertiary/aromatic N) is 2. The highest BCUT2D eigenvalue weighted by Crippen LogP contribution is 2.08. The molecule has 0 aliphatic rings. The fourth-order valence-electron chi connectivity index (χ4n) is 2.36. The van der Waals surface area contributed by atoms with Gasteiger partial charge in [-0.1, -0.05) is 43.3 Å². The van der Waals surface area contributed by atoms with E-state index in [1.54, 1.807) is 0 Å². The average Bonchev–Trinajstić information content (AvgIpc) is 2.55. The SMILES string of the molecule is CCN(C)Cc1cccc(CNCc2cccc(C#N)c2)c1. The Morgan fingerprint density at radius 1 is 1.00 bits per heavy atom. The van der Waals surface area contributed by atoms with E-state index in [2.05, 4.69) is 54.5 Å². The summed E-state index contributed by atoms with van der Waals surface area (Å²) in [4.78, 5) is 2.29. The van der Waals surface area contributed by atoms with Crippen molar-refractivity contribution in [3.05, 3.63) is 70.8 Å². The van der Waals surface area contributed by atoms with Crippen molar-refractivity contribution in [2.24, 2.45) is 0 Å². The normalized spacial score (nSPS) is 10.6. The summed E-state index contributed by atoms with van der Waals surface area (Å²) in [5.41, 5.74) is 4.48. The number of benzene rings is 2. The number of nitriles is 1. The lowest BCUT2D eigenvalue weighted by molar-refractivity contribution is 0.345. The summed E-state index contributed by atoms with van der Waals surface area (Å²) in [6, 6.07) is 18.6. The van der Waals surface area contributed by atoms with Crippen molar-refractivity contribution in [2.45, 2.75) is 26.6 Å². The third-order valence-electron chi connectivity index (χ3n) is 3.70. The number of hydrogen-bond donors (Lipinski definition) is 1. The van der Waals surface area contributed by atoms with Crippen molar-refractivity contribution >= 4 is 0 Å². The quantitative estimate of drug-likeness (QED) is 0.851. The van der Waals surface area contributed by atoms with Gasteiger partial charge in [-0.05, 0) is 42.4 Å². The minimum absolute atomic E-state index is 0.712.